The maximum atomic E-state index is 11.7. The van der Waals surface area contributed by atoms with Gasteiger partial charge in [-0.15, -0.1) is 11.6 Å². The van der Waals surface area contributed by atoms with Crippen molar-refractivity contribution in [3.8, 4) is 0 Å². The molecule has 0 aromatic carbocycles. The van der Waals surface area contributed by atoms with E-state index < -0.39 is 0 Å². The van der Waals surface area contributed by atoms with Crippen LogP contribution in [0.1, 0.15) is 33.1 Å². The lowest BCUT2D eigenvalue weighted by Gasteiger charge is -2.14. The quantitative estimate of drug-likeness (QED) is 0.737. The van der Waals surface area contributed by atoms with E-state index in [0.29, 0.717) is 13.2 Å². The monoisotopic (exact) mass is 233 g/mol. The predicted molar refractivity (Wildman–Crippen MR) is 61.1 cm³/mol. The highest BCUT2D eigenvalue weighted by atomic mass is 35.5. The van der Waals surface area contributed by atoms with Gasteiger partial charge in [0.2, 0.25) is 5.91 Å². The Morgan fingerprint density at radius 3 is 2.93 bits per heavy atom. The summed E-state index contributed by atoms with van der Waals surface area (Å²) in [6, 6.07) is 0. The molecule has 4 heteroatoms. The van der Waals surface area contributed by atoms with Gasteiger partial charge in [-0.05, 0) is 26.2 Å². The summed E-state index contributed by atoms with van der Waals surface area (Å²) in [5.74, 6) is 0.139. The minimum atomic E-state index is 0.0282. The van der Waals surface area contributed by atoms with E-state index in [2.05, 4.69) is 5.32 Å². The van der Waals surface area contributed by atoms with Crippen LogP contribution in [-0.4, -0.2) is 30.5 Å². The molecular weight excluding hydrogens is 214 g/mol. The third-order valence-corrected chi connectivity index (χ3v) is 3.44. The molecule has 0 bridgehead atoms. The third kappa shape index (κ3) is 3.99. The summed E-state index contributed by atoms with van der Waals surface area (Å²) < 4.78 is 5.35. The number of hydrogen-bond acceptors (Lipinski definition) is 2. The molecule has 1 amide bonds. The van der Waals surface area contributed by atoms with Gasteiger partial charge in [0.15, 0.2) is 0 Å². The molecule has 0 aromatic heterocycles. The fourth-order valence-electron chi connectivity index (χ4n) is 1.76. The van der Waals surface area contributed by atoms with E-state index in [-0.39, 0.29) is 23.3 Å². The molecule has 1 rings (SSSR count). The minimum Gasteiger partial charge on any atom is -0.378 e. The van der Waals surface area contributed by atoms with Crippen molar-refractivity contribution in [2.75, 3.05) is 13.2 Å². The molecular formula is C11H20ClNO2. The molecule has 0 saturated carbocycles. The van der Waals surface area contributed by atoms with E-state index in [1.165, 1.54) is 0 Å². The molecule has 0 aliphatic carbocycles. The highest BCUT2D eigenvalue weighted by molar-refractivity contribution is 6.20. The first kappa shape index (κ1) is 12.8. The third-order valence-electron chi connectivity index (χ3n) is 2.91. The smallest absolute Gasteiger partial charge is 0.225 e. The van der Waals surface area contributed by atoms with Crippen LogP contribution in [0.5, 0.6) is 0 Å². The number of ether oxygens (including phenoxy) is 1. The van der Waals surface area contributed by atoms with Gasteiger partial charge in [-0.3, -0.25) is 4.79 Å². The summed E-state index contributed by atoms with van der Waals surface area (Å²) in [7, 11) is 0. The SMILES string of the molecule is CCC(Cl)CCNC(=O)C1CCOC1C. The average Bonchev–Trinajstić information content (AvgIpc) is 2.64. The molecule has 1 saturated heterocycles. The number of amides is 1. The lowest BCUT2D eigenvalue weighted by Crippen LogP contribution is -2.35. The number of carbonyl (C=O) groups excluding carboxylic acids is 1. The summed E-state index contributed by atoms with van der Waals surface area (Å²) in [5.41, 5.74) is 0. The molecule has 1 N–H and O–H groups in total. The Morgan fingerprint density at radius 2 is 2.40 bits per heavy atom. The first-order valence-corrected chi connectivity index (χ1v) is 6.12. The molecule has 88 valence electrons. The van der Waals surface area contributed by atoms with Crippen molar-refractivity contribution in [2.24, 2.45) is 5.92 Å². The van der Waals surface area contributed by atoms with E-state index in [1.807, 2.05) is 13.8 Å². The van der Waals surface area contributed by atoms with Crippen LogP contribution in [0, 0.1) is 5.92 Å². The zero-order chi connectivity index (χ0) is 11.3. The lowest BCUT2D eigenvalue weighted by atomic mass is 10.0. The van der Waals surface area contributed by atoms with Crippen LogP contribution >= 0.6 is 11.6 Å². The molecule has 15 heavy (non-hydrogen) atoms. The average molecular weight is 234 g/mol. The summed E-state index contributed by atoms with van der Waals surface area (Å²) in [6.07, 6.45) is 2.68. The second-order valence-electron chi connectivity index (χ2n) is 4.06. The summed E-state index contributed by atoms with van der Waals surface area (Å²) in [4.78, 5) is 11.7. The number of carbonyl (C=O) groups is 1. The van der Waals surface area contributed by atoms with Crippen molar-refractivity contribution in [2.45, 2.75) is 44.6 Å². The van der Waals surface area contributed by atoms with Gasteiger partial charge in [0.05, 0.1) is 12.0 Å². The van der Waals surface area contributed by atoms with Crippen LogP contribution < -0.4 is 5.32 Å². The largest absolute Gasteiger partial charge is 0.378 e. The maximum absolute atomic E-state index is 11.7. The summed E-state index contributed by atoms with van der Waals surface area (Å²) in [5, 5.41) is 3.09. The number of halogens is 1. The zero-order valence-electron chi connectivity index (χ0n) is 9.46. The zero-order valence-corrected chi connectivity index (χ0v) is 10.2. The van der Waals surface area contributed by atoms with Crippen molar-refractivity contribution in [1.29, 1.82) is 0 Å². The van der Waals surface area contributed by atoms with Gasteiger partial charge in [0, 0.05) is 18.5 Å². The molecule has 3 atom stereocenters. The molecule has 3 nitrogen and oxygen atoms in total. The van der Waals surface area contributed by atoms with Gasteiger partial charge in [0.1, 0.15) is 0 Å². The van der Waals surface area contributed by atoms with Crippen LogP contribution in [-0.2, 0) is 9.53 Å². The number of nitrogens with one attached hydrogen (secondary N) is 1. The van der Waals surface area contributed by atoms with Gasteiger partial charge in [-0.25, -0.2) is 0 Å². The van der Waals surface area contributed by atoms with Crippen LogP contribution in [0.3, 0.4) is 0 Å². The predicted octanol–water partition coefficient (Wildman–Crippen LogP) is 1.94. The molecule has 1 aliphatic heterocycles. The Labute approximate surface area is 96.5 Å². The van der Waals surface area contributed by atoms with E-state index in [9.17, 15) is 4.79 Å². The molecule has 0 spiro atoms. The Morgan fingerprint density at radius 1 is 1.67 bits per heavy atom. The fourth-order valence-corrected chi connectivity index (χ4v) is 1.87. The Bertz CT molecular complexity index is 211. The highest BCUT2D eigenvalue weighted by Gasteiger charge is 2.30. The number of rotatable bonds is 5. The van der Waals surface area contributed by atoms with Crippen molar-refractivity contribution in [3.63, 3.8) is 0 Å². The van der Waals surface area contributed by atoms with Crippen molar-refractivity contribution in [3.05, 3.63) is 0 Å². The van der Waals surface area contributed by atoms with Crippen LogP contribution in [0.25, 0.3) is 0 Å². The minimum absolute atomic E-state index is 0.0282. The standard InChI is InChI=1S/C11H20ClNO2/c1-3-9(12)4-6-13-11(14)10-5-7-15-8(10)2/h8-10H,3-7H2,1-2H3,(H,13,14). The Kier molecular flexibility index (Phi) is 5.40. The lowest BCUT2D eigenvalue weighted by molar-refractivity contribution is -0.126. The van der Waals surface area contributed by atoms with Crippen LogP contribution in [0.4, 0.5) is 0 Å². The van der Waals surface area contributed by atoms with E-state index >= 15 is 0 Å². The van der Waals surface area contributed by atoms with Gasteiger partial charge >= 0.3 is 0 Å². The first-order chi connectivity index (χ1) is 7.15. The van der Waals surface area contributed by atoms with Gasteiger partial charge in [0.25, 0.3) is 0 Å². The maximum Gasteiger partial charge on any atom is 0.225 e. The van der Waals surface area contributed by atoms with Crippen LogP contribution in [0.2, 0.25) is 0 Å². The Hall–Kier alpha value is -0.280. The fraction of sp³-hybridized carbons (Fsp3) is 0.909. The van der Waals surface area contributed by atoms with Gasteiger partial charge in [-0.1, -0.05) is 6.92 Å². The number of alkyl halides is 1. The van der Waals surface area contributed by atoms with Gasteiger partial charge < -0.3 is 10.1 Å². The van der Waals surface area contributed by atoms with E-state index in [4.69, 9.17) is 16.3 Å². The second-order valence-corrected chi connectivity index (χ2v) is 4.67. The second kappa shape index (κ2) is 6.33. The van der Waals surface area contributed by atoms with Crippen LogP contribution in [0.15, 0.2) is 0 Å². The van der Waals surface area contributed by atoms with Crippen molar-refractivity contribution >= 4 is 17.5 Å². The van der Waals surface area contributed by atoms with Crippen molar-refractivity contribution < 1.29 is 9.53 Å². The molecule has 0 radical (unpaired) electrons. The molecule has 0 aromatic rings. The molecule has 1 aliphatic rings. The van der Waals surface area contributed by atoms with Crippen molar-refractivity contribution in [1.82, 2.24) is 5.32 Å². The van der Waals surface area contributed by atoms with Gasteiger partial charge in [-0.2, -0.15) is 0 Å². The number of hydrogen-bond donors (Lipinski definition) is 1. The Balaban J connectivity index is 2.18. The summed E-state index contributed by atoms with van der Waals surface area (Å²) >= 11 is 5.96. The highest BCUT2D eigenvalue weighted by Crippen LogP contribution is 2.20. The van der Waals surface area contributed by atoms with E-state index in [1.54, 1.807) is 0 Å². The molecule has 1 heterocycles. The van der Waals surface area contributed by atoms with E-state index in [0.717, 1.165) is 19.3 Å². The topological polar surface area (TPSA) is 38.3 Å². The normalized spacial score (nSPS) is 27.7. The summed E-state index contributed by atoms with van der Waals surface area (Å²) in [6.45, 7) is 5.37. The molecule has 3 unspecified atom stereocenters. The molecule has 1 fully saturated rings. The first-order valence-electron chi connectivity index (χ1n) is 5.68.